The summed E-state index contributed by atoms with van der Waals surface area (Å²) in [5, 5.41) is 14.3. The smallest absolute Gasteiger partial charge is 0.271 e. The molecular formula is C12H10ClN3O2. The highest BCUT2D eigenvalue weighted by molar-refractivity contribution is 6.30. The summed E-state index contributed by atoms with van der Waals surface area (Å²) < 4.78 is 0. The van der Waals surface area contributed by atoms with Crippen molar-refractivity contribution in [1.29, 1.82) is 0 Å². The largest absolute Gasteiger partial charge is 0.397 e. The van der Waals surface area contributed by atoms with Gasteiger partial charge < -0.3 is 11.1 Å². The number of halogens is 1. The highest BCUT2D eigenvalue weighted by Gasteiger charge is 2.08. The van der Waals surface area contributed by atoms with Gasteiger partial charge in [0.25, 0.3) is 5.69 Å². The summed E-state index contributed by atoms with van der Waals surface area (Å²) in [5.41, 5.74) is 7.45. The Bertz CT molecular complexity index is 584. The molecule has 92 valence electrons. The molecule has 0 aromatic heterocycles. The summed E-state index contributed by atoms with van der Waals surface area (Å²) in [6.45, 7) is 0. The normalized spacial score (nSPS) is 10.1. The third-order valence-corrected chi connectivity index (χ3v) is 2.62. The van der Waals surface area contributed by atoms with E-state index < -0.39 is 4.92 Å². The van der Waals surface area contributed by atoms with Crippen LogP contribution in [0.3, 0.4) is 0 Å². The molecular weight excluding hydrogens is 254 g/mol. The summed E-state index contributed by atoms with van der Waals surface area (Å²) in [6.07, 6.45) is 0. The van der Waals surface area contributed by atoms with Gasteiger partial charge in [0.1, 0.15) is 0 Å². The van der Waals surface area contributed by atoms with E-state index in [-0.39, 0.29) is 5.69 Å². The molecule has 5 nitrogen and oxygen atoms in total. The van der Waals surface area contributed by atoms with Crippen LogP contribution in [-0.2, 0) is 0 Å². The van der Waals surface area contributed by atoms with Crippen LogP contribution in [-0.4, -0.2) is 4.92 Å². The number of benzene rings is 2. The fourth-order valence-corrected chi connectivity index (χ4v) is 1.59. The van der Waals surface area contributed by atoms with E-state index in [0.717, 1.165) is 5.69 Å². The number of non-ortho nitro benzene ring substituents is 1. The molecule has 0 heterocycles. The van der Waals surface area contributed by atoms with E-state index in [2.05, 4.69) is 5.32 Å². The molecule has 0 saturated carbocycles. The second-order valence-corrected chi connectivity index (χ2v) is 4.10. The number of nitrogens with two attached hydrogens (primary N) is 1. The van der Waals surface area contributed by atoms with Crippen molar-refractivity contribution in [3.8, 4) is 0 Å². The fraction of sp³-hybridized carbons (Fsp3) is 0. The van der Waals surface area contributed by atoms with Gasteiger partial charge in [-0.15, -0.1) is 0 Å². The Hall–Kier alpha value is -2.27. The van der Waals surface area contributed by atoms with Crippen molar-refractivity contribution >= 4 is 34.4 Å². The van der Waals surface area contributed by atoms with E-state index in [1.807, 2.05) is 0 Å². The van der Waals surface area contributed by atoms with Gasteiger partial charge in [-0.3, -0.25) is 10.1 Å². The number of anilines is 3. The molecule has 0 atom stereocenters. The average Bonchev–Trinajstić information content (AvgIpc) is 2.34. The molecule has 0 aliphatic carbocycles. The third-order valence-electron chi connectivity index (χ3n) is 2.37. The number of hydrogen-bond acceptors (Lipinski definition) is 4. The SMILES string of the molecule is Nc1cc([N+](=O)[O-])ccc1Nc1ccc(Cl)cc1. The Balaban J connectivity index is 2.24. The molecule has 0 aliphatic rings. The molecule has 0 bridgehead atoms. The summed E-state index contributed by atoms with van der Waals surface area (Å²) in [5.74, 6) is 0. The zero-order chi connectivity index (χ0) is 13.1. The van der Waals surface area contributed by atoms with Crippen LogP contribution in [0.15, 0.2) is 42.5 Å². The molecule has 0 fully saturated rings. The molecule has 2 aromatic rings. The van der Waals surface area contributed by atoms with Gasteiger partial charge in [0.2, 0.25) is 0 Å². The minimum atomic E-state index is -0.484. The summed E-state index contributed by atoms with van der Waals surface area (Å²) in [4.78, 5) is 10.1. The fourth-order valence-electron chi connectivity index (χ4n) is 1.47. The summed E-state index contributed by atoms with van der Waals surface area (Å²) >= 11 is 5.77. The third kappa shape index (κ3) is 2.70. The van der Waals surface area contributed by atoms with Crippen LogP contribution < -0.4 is 11.1 Å². The number of nitro groups is 1. The monoisotopic (exact) mass is 263 g/mol. The molecule has 0 radical (unpaired) electrons. The second-order valence-electron chi connectivity index (χ2n) is 3.66. The predicted octanol–water partition coefficient (Wildman–Crippen LogP) is 3.57. The van der Waals surface area contributed by atoms with Gasteiger partial charge in [-0.1, -0.05) is 11.6 Å². The zero-order valence-electron chi connectivity index (χ0n) is 9.26. The Morgan fingerprint density at radius 1 is 1.17 bits per heavy atom. The number of rotatable bonds is 3. The predicted molar refractivity (Wildman–Crippen MR) is 72.2 cm³/mol. The Morgan fingerprint density at radius 3 is 2.39 bits per heavy atom. The van der Waals surface area contributed by atoms with Gasteiger partial charge in [-0.05, 0) is 30.3 Å². The van der Waals surface area contributed by atoms with Crippen molar-refractivity contribution in [2.75, 3.05) is 11.1 Å². The van der Waals surface area contributed by atoms with Gasteiger partial charge in [-0.25, -0.2) is 0 Å². The Morgan fingerprint density at radius 2 is 1.83 bits per heavy atom. The number of nitrogens with zero attached hydrogens (tertiary/aromatic N) is 1. The van der Waals surface area contributed by atoms with E-state index in [0.29, 0.717) is 16.4 Å². The maximum Gasteiger partial charge on any atom is 0.271 e. The van der Waals surface area contributed by atoms with E-state index >= 15 is 0 Å². The first-order valence-electron chi connectivity index (χ1n) is 5.13. The molecule has 0 aliphatic heterocycles. The molecule has 2 aromatic carbocycles. The minimum absolute atomic E-state index is 0.0332. The summed E-state index contributed by atoms with van der Waals surface area (Å²) in [7, 11) is 0. The van der Waals surface area contributed by atoms with Gasteiger partial charge >= 0.3 is 0 Å². The molecule has 3 N–H and O–H groups in total. The molecule has 6 heteroatoms. The van der Waals surface area contributed by atoms with Crippen molar-refractivity contribution in [3.05, 3.63) is 57.6 Å². The lowest BCUT2D eigenvalue weighted by atomic mass is 10.2. The van der Waals surface area contributed by atoms with Gasteiger partial charge in [-0.2, -0.15) is 0 Å². The molecule has 0 amide bonds. The first-order valence-corrected chi connectivity index (χ1v) is 5.50. The van der Waals surface area contributed by atoms with Crippen LogP contribution in [0, 0.1) is 10.1 Å². The number of nitrogens with one attached hydrogen (secondary N) is 1. The van der Waals surface area contributed by atoms with Crippen LogP contribution in [0.2, 0.25) is 5.02 Å². The first-order chi connectivity index (χ1) is 8.56. The first kappa shape index (κ1) is 12.2. The Labute approximate surface area is 108 Å². The number of nitro benzene ring substituents is 1. The molecule has 0 saturated heterocycles. The number of hydrogen-bond donors (Lipinski definition) is 2. The lowest BCUT2D eigenvalue weighted by Crippen LogP contribution is -1.97. The maximum absolute atomic E-state index is 10.6. The highest BCUT2D eigenvalue weighted by atomic mass is 35.5. The van der Waals surface area contributed by atoms with Crippen LogP contribution >= 0.6 is 11.6 Å². The van der Waals surface area contributed by atoms with Crippen molar-refractivity contribution < 1.29 is 4.92 Å². The lowest BCUT2D eigenvalue weighted by Gasteiger charge is -2.09. The van der Waals surface area contributed by atoms with Crippen molar-refractivity contribution in [3.63, 3.8) is 0 Å². The van der Waals surface area contributed by atoms with E-state index in [4.69, 9.17) is 17.3 Å². The van der Waals surface area contributed by atoms with Crippen LogP contribution in [0.1, 0.15) is 0 Å². The average molecular weight is 264 g/mol. The lowest BCUT2D eigenvalue weighted by molar-refractivity contribution is -0.384. The van der Waals surface area contributed by atoms with Crippen LogP contribution in [0.25, 0.3) is 0 Å². The van der Waals surface area contributed by atoms with Crippen molar-refractivity contribution in [2.24, 2.45) is 0 Å². The van der Waals surface area contributed by atoms with Crippen LogP contribution in [0.4, 0.5) is 22.7 Å². The number of nitrogen functional groups attached to an aromatic ring is 1. The van der Waals surface area contributed by atoms with Crippen molar-refractivity contribution in [1.82, 2.24) is 0 Å². The molecule has 0 unspecified atom stereocenters. The van der Waals surface area contributed by atoms with E-state index in [1.54, 1.807) is 30.3 Å². The molecule has 18 heavy (non-hydrogen) atoms. The molecule has 2 rings (SSSR count). The topological polar surface area (TPSA) is 81.2 Å². The van der Waals surface area contributed by atoms with E-state index in [9.17, 15) is 10.1 Å². The minimum Gasteiger partial charge on any atom is -0.397 e. The Kier molecular flexibility index (Phi) is 3.34. The van der Waals surface area contributed by atoms with Crippen molar-refractivity contribution in [2.45, 2.75) is 0 Å². The quantitative estimate of drug-likeness (QED) is 0.504. The maximum atomic E-state index is 10.6. The second kappa shape index (κ2) is 4.93. The van der Waals surface area contributed by atoms with Gasteiger partial charge in [0.05, 0.1) is 16.3 Å². The highest BCUT2D eigenvalue weighted by Crippen LogP contribution is 2.27. The van der Waals surface area contributed by atoms with Gasteiger partial charge in [0.15, 0.2) is 0 Å². The summed E-state index contributed by atoms with van der Waals surface area (Å²) in [6, 6.07) is 11.4. The van der Waals surface area contributed by atoms with Gasteiger partial charge in [0, 0.05) is 22.8 Å². The van der Waals surface area contributed by atoms with Crippen LogP contribution in [0.5, 0.6) is 0 Å². The standard InChI is InChI=1S/C12H10ClN3O2/c13-8-1-3-9(4-2-8)15-12-6-5-10(16(17)18)7-11(12)14/h1-7,15H,14H2. The zero-order valence-corrected chi connectivity index (χ0v) is 10.0. The van der Waals surface area contributed by atoms with E-state index in [1.165, 1.54) is 12.1 Å². The molecule has 0 spiro atoms.